The molecule has 0 atom stereocenters. The summed E-state index contributed by atoms with van der Waals surface area (Å²) in [5.41, 5.74) is 1.22. The Bertz CT molecular complexity index is 887. The van der Waals surface area contributed by atoms with Crippen LogP contribution in [0.5, 0.6) is 0 Å². The van der Waals surface area contributed by atoms with Gasteiger partial charge in [0.2, 0.25) is 0 Å². The maximum atomic E-state index is 13.5. The average molecular weight is 364 g/mol. The molecule has 2 heterocycles. The van der Waals surface area contributed by atoms with Crippen LogP contribution in [0.2, 0.25) is 5.02 Å². The third-order valence-corrected chi connectivity index (χ3v) is 4.23. The van der Waals surface area contributed by atoms with Crippen molar-refractivity contribution in [3.05, 3.63) is 58.9 Å². The molecule has 3 rings (SSSR count). The Morgan fingerprint density at radius 2 is 2.17 bits per heavy atom. The summed E-state index contributed by atoms with van der Waals surface area (Å²) in [7, 11) is 0. The quantitative estimate of drug-likeness (QED) is 0.731. The van der Waals surface area contributed by atoms with Crippen molar-refractivity contribution in [1.82, 2.24) is 14.3 Å². The SMILES string of the molecule is Cc1nsc(Nc2cnccn2)c1C(=O)Nc1ccc(Cl)c(F)c1. The highest BCUT2D eigenvalue weighted by atomic mass is 35.5. The van der Waals surface area contributed by atoms with Crippen molar-refractivity contribution < 1.29 is 9.18 Å². The van der Waals surface area contributed by atoms with Crippen LogP contribution in [0, 0.1) is 12.7 Å². The van der Waals surface area contributed by atoms with Crippen LogP contribution in [0.1, 0.15) is 16.1 Å². The van der Waals surface area contributed by atoms with E-state index >= 15 is 0 Å². The standard InChI is InChI=1S/C15H11ClFN5OS/c1-8-13(14(23)20-9-2-3-10(16)11(17)6-9)15(24-22-8)21-12-7-18-4-5-19-12/h2-7H,1H3,(H,19,21)(H,20,23). The second-order valence-electron chi connectivity index (χ2n) is 4.77. The number of nitrogens with one attached hydrogen (secondary N) is 2. The third kappa shape index (κ3) is 3.50. The minimum absolute atomic E-state index is 0.00797. The van der Waals surface area contributed by atoms with Crippen molar-refractivity contribution in [3.8, 4) is 0 Å². The molecule has 0 aliphatic heterocycles. The second kappa shape index (κ2) is 6.90. The van der Waals surface area contributed by atoms with E-state index in [0.717, 1.165) is 17.6 Å². The first-order valence-corrected chi connectivity index (χ1v) is 7.95. The number of aryl methyl sites for hydroxylation is 1. The Kier molecular flexibility index (Phi) is 4.68. The predicted octanol–water partition coefficient (Wildman–Crippen LogP) is 4.03. The largest absolute Gasteiger partial charge is 0.329 e. The van der Waals surface area contributed by atoms with Crippen LogP contribution in [-0.2, 0) is 0 Å². The summed E-state index contributed by atoms with van der Waals surface area (Å²) in [6.07, 6.45) is 4.61. The number of aromatic nitrogens is 3. The lowest BCUT2D eigenvalue weighted by Crippen LogP contribution is -2.14. The number of rotatable bonds is 4. The number of hydrogen-bond acceptors (Lipinski definition) is 6. The maximum absolute atomic E-state index is 13.5. The van der Waals surface area contributed by atoms with Crippen LogP contribution in [0.3, 0.4) is 0 Å². The van der Waals surface area contributed by atoms with E-state index in [1.807, 2.05) is 0 Å². The summed E-state index contributed by atoms with van der Waals surface area (Å²) >= 11 is 6.77. The predicted molar refractivity (Wildman–Crippen MR) is 91.5 cm³/mol. The van der Waals surface area contributed by atoms with Gasteiger partial charge in [-0.2, -0.15) is 4.37 Å². The molecule has 0 saturated heterocycles. The van der Waals surface area contributed by atoms with Gasteiger partial charge >= 0.3 is 0 Å². The van der Waals surface area contributed by atoms with Gasteiger partial charge in [-0.3, -0.25) is 9.78 Å². The zero-order valence-corrected chi connectivity index (χ0v) is 14.0. The number of hydrogen-bond donors (Lipinski definition) is 2. The molecule has 6 nitrogen and oxygen atoms in total. The van der Waals surface area contributed by atoms with Crippen molar-refractivity contribution in [1.29, 1.82) is 0 Å². The first-order chi connectivity index (χ1) is 11.5. The molecule has 0 saturated carbocycles. The van der Waals surface area contributed by atoms with Gasteiger partial charge < -0.3 is 10.6 Å². The van der Waals surface area contributed by atoms with E-state index in [1.54, 1.807) is 13.1 Å². The highest BCUT2D eigenvalue weighted by molar-refractivity contribution is 7.10. The molecule has 0 aliphatic rings. The molecule has 3 aromatic rings. The van der Waals surface area contributed by atoms with Gasteiger partial charge in [0.1, 0.15) is 16.6 Å². The summed E-state index contributed by atoms with van der Waals surface area (Å²) in [4.78, 5) is 20.6. The Labute approximate surface area is 145 Å². The molecule has 0 radical (unpaired) electrons. The van der Waals surface area contributed by atoms with E-state index in [9.17, 15) is 9.18 Å². The van der Waals surface area contributed by atoms with Gasteiger partial charge in [-0.05, 0) is 36.7 Å². The number of amides is 1. The molecule has 1 amide bonds. The molecular weight excluding hydrogens is 353 g/mol. The molecule has 0 unspecified atom stereocenters. The van der Waals surface area contributed by atoms with Crippen molar-refractivity contribution in [2.45, 2.75) is 6.92 Å². The molecule has 2 aromatic heterocycles. The van der Waals surface area contributed by atoms with Gasteiger partial charge in [0, 0.05) is 18.1 Å². The number of halogens is 2. The fourth-order valence-corrected chi connectivity index (χ4v) is 2.89. The summed E-state index contributed by atoms with van der Waals surface area (Å²) in [6, 6.07) is 4.06. The van der Waals surface area contributed by atoms with E-state index in [2.05, 4.69) is 25.0 Å². The zero-order valence-electron chi connectivity index (χ0n) is 12.4. The van der Waals surface area contributed by atoms with Crippen LogP contribution >= 0.6 is 23.1 Å². The Morgan fingerprint density at radius 1 is 1.33 bits per heavy atom. The van der Waals surface area contributed by atoms with Gasteiger partial charge in [-0.15, -0.1) is 0 Å². The maximum Gasteiger partial charge on any atom is 0.260 e. The van der Waals surface area contributed by atoms with E-state index in [-0.39, 0.29) is 5.02 Å². The number of benzene rings is 1. The molecule has 0 fully saturated rings. The van der Waals surface area contributed by atoms with Crippen molar-refractivity contribution in [3.63, 3.8) is 0 Å². The molecule has 0 bridgehead atoms. The van der Waals surface area contributed by atoms with Crippen LogP contribution in [-0.4, -0.2) is 20.2 Å². The zero-order chi connectivity index (χ0) is 17.1. The summed E-state index contributed by atoms with van der Waals surface area (Å²) < 4.78 is 17.7. The van der Waals surface area contributed by atoms with E-state index in [4.69, 9.17) is 11.6 Å². The van der Waals surface area contributed by atoms with Crippen molar-refractivity contribution in [2.75, 3.05) is 10.6 Å². The molecule has 0 aliphatic carbocycles. The van der Waals surface area contributed by atoms with Gasteiger partial charge in [0.05, 0.1) is 22.5 Å². The van der Waals surface area contributed by atoms with E-state index < -0.39 is 11.7 Å². The average Bonchev–Trinajstić information content (AvgIpc) is 2.92. The lowest BCUT2D eigenvalue weighted by molar-refractivity contribution is 0.102. The minimum atomic E-state index is -0.604. The van der Waals surface area contributed by atoms with E-state index in [1.165, 1.54) is 24.5 Å². The number of carbonyl (C=O) groups excluding carboxylic acids is 1. The highest BCUT2D eigenvalue weighted by Crippen LogP contribution is 2.28. The monoisotopic (exact) mass is 363 g/mol. The number of nitrogens with zero attached hydrogens (tertiary/aromatic N) is 3. The van der Waals surface area contributed by atoms with Crippen LogP contribution in [0.25, 0.3) is 0 Å². The first kappa shape index (κ1) is 16.3. The summed E-state index contributed by atoms with van der Waals surface area (Å²) in [5.74, 6) is -0.519. The van der Waals surface area contributed by atoms with E-state index in [0.29, 0.717) is 27.8 Å². The Hall–Kier alpha value is -2.58. The molecule has 2 N–H and O–H groups in total. The normalized spacial score (nSPS) is 10.5. The molecule has 24 heavy (non-hydrogen) atoms. The molecule has 0 spiro atoms. The molecule has 122 valence electrons. The molecule has 9 heteroatoms. The van der Waals surface area contributed by atoms with Crippen LogP contribution < -0.4 is 10.6 Å². The summed E-state index contributed by atoms with van der Waals surface area (Å²) in [6.45, 7) is 1.72. The first-order valence-electron chi connectivity index (χ1n) is 6.80. The fourth-order valence-electron chi connectivity index (χ4n) is 1.97. The lowest BCUT2D eigenvalue weighted by atomic mass is 10.2. The van der Waals surface area contributed by atoms with Gasteiger partial charge in [-0.25, -0.2) is 9.37 Å². The Balaban J connectivity index is 1.84. The van der Waals surface area contributed by atoms with Crippen molar-refractivity contribution in [2.24, 2.45) is 0 Å². The van der Waals surface area contributed by atoms with Crippen LogP contribution in [0.4, 0.5) is 20.9 Å². The van der Waals surface area contributed by atoms with Gasteiger partial charge in [0.15, 0.2) is 0 Å². The van der Waals surface area contributed by atoms with Crippen LogP contribution in [0.15, 0.2) is 36.8 Å². The number of carbonyl (C=O) groups is 1. The minimum Gasteiger partial charge on any atom is -0.329 e. The third-order valence-electron chi connectivity index (χ3n) is 3.07. The molecular formula is C15H11ClFN5OS. The van der Waals surface area contributed by atoms with Gasteiger partial charge in [0.25, 0.3) is 5.91 Å². The second-order valence-corrected chi connectivity index (χ2v) is 5.95. The fraction of sp³-hybridized carbons (Fsp3) is 0.0667. The Morgan fingerprint density at radius 3 is 2.88 bits per heavy atom. The summed E-state index contributed by atoms with van der Waals surface area (Å²) in [5, 5.41) is 6.16. The number of anilines is 3. The topological polar surface area (TPSA) is 79.8 Å². The lowest BCUT2D eigenvalue weighted by Gasteiger charge is -2.08. The smallest absolute Gasteiger partial charge is 0.260 e. The highest BCUT2D eigenvalue weighted by Gasteiger charge is 2.19. The van der Waals surface area contributed by atoms with Crippen molar-refractivity contribution >= 4 is 45.5 Å². The molecule has 1 aromatic carbocycles. The van der Waals surface area contributed by atoms with Gasteiger partial charge in [-0.1, -0.05) is 11.6 Å².